The third-order valence-corrected chi connectivity index (χ3v) is 6.74. The van der Waals surface area contributed by atoms with Crippen molar-refractivity contribution in [2.75, 3.05) is 19.7 Å². The van der Waals surface area contributed by atoms with E-state index < -0.39 is 23.5 Å². The van der Waals surface area contributed by atoms with Gasteiger partial charge in [-0.2, -0.15) is 0 Å². The zero-order valence-electron chi connectivity index (χ0n) is 18.3. The van der Waals surface area contributed by atoms with E-state index in [2.05, 4.69) is 29.6 Å². The molecule has 1 atom stereocenters. The molecule has 32 heavy (non-hydrogen) atoms. The predicted octanol–water partition coefficient (Wildman–Crippen LogP) is 3.63. The van der Waals surface area contributed by atoms with E-state index in [0.717, 1.165) is 22.3 Å². The van der Waals surface area contributed by atoms with E-state index in [1.54, 1.807) is 18.7 Å². The van der Waals surface area contributed by atoms with Crippen molar-refractivity contribution in [2.24, 2.45) is 5.41 Å². The van der Waals surface area contributed by atoms with Crippen LogP contribution in [-0.2, 0) is 14.3 Å². The highest BCUT2D eigenvalue weighted by Gasteiger charge is 2.39. The standard InChI is InChI=1S/C25H28N2O5/c1-16(22(28)27-13-11-25(2,12-14-27)23(29)30)26-24(31)32-15-21-19-9-5-3-7-17(19)18-8-4-6-10-20(18)21/h3-10,16,21H,11-15H2,1-2H3,(H,26,31)(H,29,30)/t16-/m0/s1. The van der Waals surface area contributed by atoms with Crippen LogP contribution in [0.4, 0.5) is 4.79 Å². The van der Waals surface area contributed by atoms with Crippen LogP contribution in [0.25, 0.3) is 11.1 Å². The van der Waals surface area contributed by atoms with Crippen LogP contribution in [0.2, 0.25) is 0 Å². The molecule has 0 aromatic heterocycles. The first-order valence-electron chi connectivity index (χ1n) is 10.9. The number of benzene rings is 2. The van der Waals surface area contributed by atoms with Gasteiger partial charge in [0.25, 0.3) is 0 Å². The highest BCUT2D eigenvalue weighted by atomic mass is 16.5. The van der Waals surface area contributed by atoms with Crippen LogP contribution in [0.1, 0.15) is 43.7 Å². The number of carbonyl (C=O) groups excluding carboxylic acids is 2. The minimum Gasteiger partial charge on any atom is -0.481 e. The van der Waals surface area contributed by atoms with Crippen LogP contribution in [0.15, 0.2) is 48.5 Å². The second kappa shape index (κ2) is 8.65. The summed E-state index contributed by atoms with van der Waals surface area (Å²) in [5.74, 6) is -1.12. The summed E-state index contributed by atoms with van der Waals surface area (Å²) in [6.07, 6.45) is 0.150. The van der Waals surface area contributed by atoms with Gasteiger partial charge < -0.3 is 20.1 Å². The Labute approximate surface area is 187 Å². The van der Waals surface area contributed by atoms with E-state index in [9.17, 15) is 19.5 Å². The number of carboxylic acids is 1. The Balaban J connectivity index is 1.33. The summed E-state index contributed by atoms with van der Waals surface area (Å²) in [7, 11) is 0. The fraction of sp³-hybridized carbons (Fsp3) is 0.400. The molecule has 168 valence electrons. The molecule has 1 fully saturated rings. The van der Waals surface area contributed by atoms with Gasteiger partial charge in [-0.15, -0.1) is 0 Å². The Hall–Kier alpha value is -3.35. The highest BCUT2D eigenvalue weighted by molar-refractivity contribution is 5.86. The molecular formula is C25H28N2O5. The first-order valence-corrected chi connectivity index (χ1v) is 10.9. The summed E-state index contributed by atoms with van der Waals surface area (Å²) in [5, 5.41) is 12.0. The van der Waals surface area contributed by atoms with Gasteiger partial charge in [0.2, 0.25) is 5.91 Å². The van der Waals surface area contributed by atoms with Gasteiger partial charge in [0, 0.05) is 19.0 Å². The van der Waals surface area contributed by atoms with Gasteiger partial charge >= 0.3 is 12.1 Å². The van der Waals surface area contributed by atoms with Crippen molar-refractivity contribution in [3.05, 3.63) is 59.7 Å². The number of likely N-dealkylation sites (tertiary alicyclic amines) is 1. The average Bonchev–Trinajstić information content (AvgIpc) is 3.11. The number of piperidine rings is 1. The lowest BCUT2D eigenvalue weighted by Gasteiger charge is -2.37. The summed E-state index contributed by atoms with van der Waals surface area (Å²) in [6, 6.07) is 15.4. The average molecular weight is 437 g/mol. The normalized spacial score (nSPS) is 17.8. The van der Waals surface area contributed by atoms with Crippen LogP contribution < -0.4 is 5.32 Å². The van der Waals surface area contributed by atoms with Crippen molar-refractivity contribution >= 4 is 18.0 Å². The van der Waals surface area contributed by atoms with Crippen molar-refractivity contribution < 1.29 is 24.2 Å². The van der Waals surface area contributed by atoms with Gasteiger partial charge in [0.1, 0.15) is 12.6 Å². The molecule has 2 aromatic carbocycles. The zero-order valence-corrected chi connectivity index (χ0v) is 18.3. The predicted molar refractivity (Wildman–Crippen MR) is 119 cm³/mol. The first kappa shape index (κ1) is 21.9. The summed E-state index contributed by atoms with van der Waals surface area (Å²) in [4.78, 5) is 38.1. The molecular weight excluding hydrogens is 408 g/mol. The maximum atomic E-state index is 12.7. The number of carbonyl (C=O) groups is 3. The summed E-state index contributed by atoms with van der Waals surface area (Å²) >= 11 is 0. The van der Waals surface area contributed by atoms with E-state index in [1.165, 1.54) is 0 Å². The molecule has 1 aliphatic carbocycles. The number of aliphatic carboxylic acids is 1. The van der Waals surface area contributed by atoms with Crippen molar-refractivity contribution in [1.29, 1.82) is 0 Å². The minimum absolute atomic E-state index is 0.0463. The van der Waals surface area contributed by atoms with Gasteiger partial charge in [0.05, 0.1) is 5.41 Å². The smallest absolute Gasteiger partial charge is 0.407 e. The Kier molecular flexibility index (Phi) is 5.91. The number of hydrogen-bond acceptors (Lipinski definition) is 4. The largest absolute Gasteiger partial charge is 0.481 e. The lowest BCUT2D eigenvalue weighted by molar-refractivity contribution is -0.153. The number of nitrogens with zero attached hydrogens (tertiary/aromatic N) is 1. The summed E-state index contributed by atoms with van der Waals surface area (Å²) in [5.41, 5.74) is 3.75. The molecule has 0 bridgehead atoms. The molecule has 0 spiro atoms. The third-order valence-electron chi connectivity index (χ3n) is 6.74. The lowest BCUT2D eigenvalue weighted by atomic mass is 9.80. The highest BCUT2D eigenvalue weighted by Crippen LogP contribution is 2.44. The van der Waals surface area contributed by atoms with E-state index in [-0.39, 0.29) is 18.4 Å². The van der Waals surface area contributed by atoms with Crippen LogP contribution >= 0.6 is 0 Å². The lowest BCUT2D eigenvalue weighted by Crippen LogP contribution is -2.51. The van der Waals surface area contributed by atoms with Crippen LogP contribution in [-0.4, -0.2) is 53.7 Å². The van der Waals surface area contributed by atoms with Crippen LogP contribution in [0, 0.1) is 5.41 Å². The fourth-order valence-electron chi connectivity index (χ4n) is 4.59. The van der Waals surface area contributed by atoms with Gasteiger partial charge in [-0.05, 0) is 48.9 Å². The number of rotatable bonds is 5. The number of ether oxygens (including phenoxy) is 1. The van der Waals surface area contributed by atoms with Crippen LogP contribution in [0.3, 0.4) is 0 Å². The first-order chi connectivity index (χ1) is 15.3. The van der Waals surface area contributed by atoms with E-state index in [0.29, 0.717) is 25.9 Å². The molecule has 0 saturated carbocycles. The Morgan fingerprint density at radius 3 is 2.12 bits per heavy atom. The number of fused-ring (bicyclic) bond motifs is 3. The molecule has 2 aromatic rings. The van der Waals surface area contributed by atoms with Crippen molar-refractivity contribution in [3.63, 3.8) is 0 Å². The number of nitrogens with one attached hydrogen (secondary N) is 1. The molecule has 0 unspecified atom stereocenters. The molecule has 4 rings (SSSR count). The van der Waals surface area contributed by atoms with E-state index in [4.69, 9.17) is 4.74 Å². The second-order valence-electron chi connectivity index (χ2n) is 8.88. The number of carboxylic acid groups (broad SMARTS) is 1. The maximum absolute atomic E-state index is 12.7. The molecule has 2 aliphatic rings. The topological polar surface area (TPSA) is 95.9 Å². The molecule has 1 aliphatic heterocycles. The van der Waals surface area contributed by atoms with Gasteiger partial charge in [-0.25, -0.2) is 4.79 Å². The Morgan fingerprint density at radius 2 is 1.59 bits per heavy atom. The fourth-order valence-corrected chi connectivity index (χ4v) is 4.59. The molecule has 1 saturated heterocycles. The molecule has 2 amide bonds. The second-order valence-corrected chi connectivity index (χ2v) is 8.88. The monoisotopic (exact) mass is 436 g/mol. The van der Waals surface area contributed by atoms with Crippen molar-refractivity contribution in [1.82, 2.24) is 10.2 Å². The van der Waals surface area contributed by atoms with Gasteiger partial charge in [-0.3, -0.25) is 9.59 Å². The molecule has 2 N–H and O–H groups in total. The molecule has 1 heterocycles. The number of hydrogen-bond donors (Lipinski definition) is 2. The maximum Gasteiger partial charge on any atom is 0.407 e. The van der Waals surface area contributed by atoms with Gasteiger partial charge in [0.15, 0.2) is 0 Å². The Bertz CT molecular complexity index is 997. The minimum atomic E-state index is -0.839. The molecule has 0 radical (unpaired) electrons. The van der Waals surface area contributed by atoms with Crippen molar-refractivity contribution in [2.45, 2.75) is 38.6 Å². The molecule has 7 heteroatoms. The zero-order chi connectivity index (χ0) is 22.9. The van der Waals surface area contributed by atoms with Crippen molar-refractivity contribution in [3.8, 4) is 11.1 Å². The summed E-state index contributed by atoms with van der Waals surface area (Å²) < 4.78 is 5.51. The number of alkyl carbamates (subject to hydrolysis) is 1. The molecule has 7 nitrogen and oxygen atoms in total. The summed E-state index contributed by atoms with van der Waals surface area (Å²) in [6.45, 7) is 4.22. The third kappa shape index (κ3) is 4.07. The van der Waals surface area contributed by atoms with E-state index in [1.807, 2.05) is 24.3 Å². The number of amides is 2. The van der Waals surface area contributed by atoms with Gasteiger partial charge in [-0.1, -0.05) is 48.5 Å². The Morgan fingerprint density at radius 1 is 1.06 bits per heavy atom. The van der Waals surface area contributed by atoms with Crippen LogP contribution in [0.5, 0.6) is 0 Å². The SMILES string of the molecule is C[C@H](NC(=O)OCC1c2ccccc2-c2ccccc21)C(=O)N1CCC(C)(C(=O)O)CC1. The van der Waals surface area contributed by atoms with E-state index >= 15 is 0 Å². The quantitative estimate of drug-likeness (QED) is 0.746.